The predicted octanol–water partition coefficient (Wildman–Crippen LogP) is -24.8. The van der Waals surface area contributed by atoms with Crippen molar-refractivity contribution in [1.82, 2.24) is 5.32 Å². The van der Waals surface area contributed by atoms with Crippen molar-refractivity contribution in [3.05, 3.63) is 35.9 Å². The van der Waals surface area contributed by atoms with E-state index in [1.165, 1.54) is 0 Å². The maximum atomic E-state index is 12.8. The number of carbonyl (C=O) groups excluding carboxylic acids is 2. The normalized spacial score (nSPS) is 29.5. The monoisotopic (exact) mass is 1280 g/mol. The van der Waals surface area contributed by atoms with Crippen LogP contribution < -0.4 is 188 Å². The van der Waals surface area contributed by atoms with Gasteiger partial charge in [0.05, 0.1) is 25.8 Å². The van der Waals surface area contributed by atoms with Crippen LogP contribution in [0, 0.1) is 0 Å². The summed E-state index contributed by atoms with van der Waals surface area (Å²) in [7, 11) is -25.9. The van der Waals surface area contributed by atoms with Gasteiger partial charge in [-0.1, -0.05) is 30.3 Å². The molecule has 15 atom stereocenters. The average molecular weight is 1280 g/mol. The standard InChI is InChI=1S/C32H49NO34S5.6Na/c1-52-18-16(13-58-68(37,38)39)61-31(26(20(18)53-2)66-71(46,47)48)63-22-21(54-3)25(55-4)30(64-24(22)28(34)35)62-19-17(14-59-69(40,41)42)60-29(27(67-72(49,50)51)23(19)65-70(43,44)45)56-11-10-33-32(36)57-12-15-8-6-5-7-9-15;;;;;;/h5-9,16-27,29-31H,10-14H2,1-4H3,(H,33,36)(H,34,35)(H,37,38,39)(H,40,41,42)(H,43,44,45)(H,46,47,48)(H,49,50,51);;;;;;/q;6*+1/p-6/t16-,17-,18-,19-,20+,21+,22+,23+,24+,25-,26-,27-,29+,30-,31-;;;;;;/m1....../s1. The summed E-state index contributed by atoms with van der Waals surface area (Å²) < 4.78 is 259. The fourth-order valence-corrected chi connectivity index (χ4v) is 9.24. The van der Waals surface area contributed by atoms with Crippen molar-refractivity contribution >= 4 is 64.1 Å². The summed E-state index contributed by atoms with van der Waals surface area (Å²) in [6.45, 7) is -4.42. The number of aliphatic carboxylic acids is 1. The van der Waals surface area contributed by atoms with Crippen LogP contribution in [0.25, 0.3) is 0 Å². The Kier molecular flexibility index (Phi) is 41.8. The Morgan fingerprint density at radius 2 is 0.923 bits per heavy atom. The molecule has 0 unspecified atom stereocenters. The van der Waals surface area contributed by atoms with E-state index in [0.717, 1.165) is 28.4 Å². The van der Waals surface area contributed by atoms with Gasteiger partial charge in [-0.2, -0.15) is 0 Å². The number of carboxylic acids is 1. The molecule has 3 saturated heterocycles. The number of nitrogens with one attached hydrogen (secondary N) is 1. The summed E-state index contributed by atoms with van der Waals surface area (Å²) in [6, 6.07) is 8.22. The van der Waals surface area contributed by atoms with Gasteiger partial charge in [-0.15, -0.1) is 0 Å². The zero-order chi connectivity index (χ0) is 54.0. The third-order valence-corrected chi connectivity index (χ3v) is 12.1. The largest absolute Gasteiger partial charge is 1.00 e. The molecule has 46 heteroatoms. The molecule has 0 spiro atoms. The van der Waals surface area contributed by atoms with Crippen molar-refractivity contribution in [3.8, 4) is 0 Å². The Morgan fingerprint density at radius 3 is 1.37 bits per heavy atom. The quantitative estimate of drug-likeness (QED) is 0.0370. The third kappa shape index (κ3) is 28.4. The first-order chi connectivity index (χ1) is 33.4. The molecule has 78 heavy (non-hydrogen) atoms. The summed E-state index contributed by atoms with van der Waals surface area (Å²) in [4.78, 5) is 25.1. The minimum Gasteiger partial charge on any atom is -0.726 e. The second-order valence-corrected chi connectivity index (χ2v) is 19.6. The first-order valence-corrected chi connectivity index (χ1v) is 26.3. The molecular formula is C32H43NNa6O34S5. The van der Waals surface area contributed by atoms with Crippen molar-refractivity contribution < 1.29 is 330 Å². The van der Waals surface area contributed by atoms with Gasteiger partial charge in [0.1, 0.15) is 67.6 Å². The molecule has 4 rings (SSSR count). The van der Waals surface area contributed by atoms with E-state index in [-0.39, 0.29) is 184 Å². The minimum atomic E-state index is -6.18. The van der Waals surface area contributed by atoms with Gasteiger partial charge in [0, 0.05) is 35.0 Å². The predicted molar refractivity (Wildman–Crippen MR) is 210 cm³/mol. The number of carboxylic acid groups (broad SMARTS) is 1. The SMILES string of the molecule is CO[C@@H]1[C@@H](OC)[C@H](O[C@H]2[C@H](OS(=O)(=O)[O-])[C@@H](OS(=O)(=O)[O-])[C@@H](OCCNC(=O)OCc3ccccc3)O[C@@H]2COS(=O)(=O)[O-])O[C@H](C(=O)[O-])[C@H]1O[C@H]1O[C@H](COS(=O)(=O)[O-])[C@@H](OC)[C@H](OC)[C@H]1OS(=O)(=O)[O-].[Na+].[Na+].[Na+].[Na+].[Na+].[Na+]. The summed E-state index contributed by atoms with van der Waals surface area (Å²) in [6.07, 6.45) is -36.0. The second-order valence-electron chi connectivity index (χ2n) is 14.5. The number of rotatable bonds is 27. The Balaban J connectivity index is -0.00000937. The number of hydrogen-bond acceptors (Lipinski definition) is 34. The van der Waals surface area contributed by atoms with Gasteiger partial charge in [0.2, 0.25) is 52.0 Å². The van der Waals surface area contributed by atoms with E-state index in [0.29, 0.717) is 5.56 Å². The number of amides is 1. The van der Waals surface area contributed by atoms with Crippen LogP contribution in [-0.2, 0) is 136 Å². The van der Waals surface area contributed by atoms with Crippen molar-refractivity contribution in [2.45, 2.75) is 98.7 Å². The molecule has 1 N–H and O–H groups in total. The minimum absolute atomic E-state index is 0. The Labute approximate surface area is 580 Å². The van der Waals surface area contributed by atoms with Crippen LogP contribution in [0.15, 0.2) is 30.3 Å². The summed E-state index contributed by atoms with van der Waals surface area (Å²) in [5, 5.41) is 15.0. The van der Waals surface area contributed by atoms with E-state index >= 15 is 0 Å². The zero-order valence-corrected chi connectivity index (χ0v) is 59.1. The summed E-state index contributed by atoms with van der Waals surface area (Å²) in [5.74, 6) is -2.32. The molecule has 0 aromatic heterocycles. The molecule has 0 saturated carbocycles. The smallest absolute Gasteiger partial charge is 0.726 e. The van der Waals surface area contributed by atoms with Gasteiger partial charge in [-0.3, -0.25) is 20.9 Å². The van der Waals surface area contributed by atoms with Crippen molar-refractivity contribution in [3.63, 3.8) is 0 Å². The van der Waals surface area contributed by atoms with Gasteiger partial charge in [0.15, 0.2) is 31.1 Å². The number of methoxy groups -OCH3 is 4. The van der Waals surface area contributed by atoms with Gasteiger partial charge < -0.3 is 90.1 Å². The zero-order valence-electron chi connectivity index (χ0n) is 43.0. The Morgan fingerprint density at radius 1 is 0.513 bits per heavy atom. The molecule has 1 aromatic carbocycles. The Hall–Kier alpha value is 2.91. The van der Waals surface area contributed by atoms with Gasteiger partial charge in [-0.25, -0.2) is 46.9 Å². The fraction of sp³-hybridized carbons (Fsp3) is 0.750. The van der Waals surface area contributed by atoms with E-state index < -0.39 is 183 Å². The van der Waals surface area contributed by atoms with Crippen LogP contribution in [0.5, 0.6) is 0 Å². The molecular weight excluding hydrogens is 1240 g/mol. The van der Waals surface area contributed by atoms with Crippen molar-refractivity contribution in [2.75, 3.05) is 54.8 Å². The van der Waals surface area contributed by atoms with Crippen LogP contribution in [-0.4, -0.2) is 224 Å². The topological polar surface area (TPSA) is 503 Å². The van der Waals surface area contributed by atoms with Crippen LogP contribution >= 0.6 is 0 Å². The van der Waals surface area contributed by atoms with Crippen LogP contribution in [0.4, 0.5) is 4.79 Å². The molecule has 416 valence electrons. The fourth-order valence-electron chi connectivity index (χ4n) is 7.20. The Bertz CT molecular complexity index is 2530. The molecule has 1 aromatic rings. The first-order valence-electron chi connectivity index (χ1n) is 19.7. The van der Waals surface area contributed by atoms with Gasteiger partial charge >= 0.3 is 183 Å². The second kappa shape index (κ2) is 38.3. The average Bonchev–Trinajstić information content (AvgIpc) is 3.26. The molecule has 0 radical (unpaired) electrons. The van der Waals surface area contributed by atoms with Crippen LogP contribution in [0.2, 0.25) is 0 Å². The van der Waals surface area contributed by atoms with Crippen molar-refractivity contribution in [1.29, 1.82) is 0 Å². The molecule has 35 nitrogen and oxygen atoms in total. The first kappa shape index (κ1) is 85.1. The maximum Gasteiger partial charge on any atom is 1.00 e. The van der Waals surface area contributed by atoms with E-state index in [9.17, 15) is 79.5 Å². The maximum absolute atomic E-state index is 12.8. The van der Waals surface area contributed by atoms with Gasteiger partial charge in [0.25, 0.3) is 0 Å². The van der Waals surface area contributed by atoms with Crippen LogP contribution in [0.3, 0.4) is 0 Å². The third-order valence-electron chi connectivity index (χ3n) is 9.89. The molecule has 0 aliphatic carbocycles. The van der Waals surface area contributed by atoms with E-state index in [4.69, 9.17) is 52.1 Å². The molecule has 3 aliphatic heterocycles. The number of benzene rings is 1. The molecule has 3 fully saturated rings. The van der Waals surface area contributed by atoms with E-state index in [2.05, 4.69) is 26.2 Å². The van der Waals surface area contributed by atoms with Crippen LogP contribution in [0.1, 0.15) is 5.56 Å². The number of carbonyl (C=O) groups is 2. The molecule has 1 amide bonds. The molecule has 0 bridgehead atoms. The molecule has 3 heterocycles. The number of ether oxygens (including phenoxy) is 11. The molecule has 3 aliphatic rings. The van der Waals surface area contributed by atoms with Crippen molar-refractivity contribution in [2.24, 2.45) is 0 Å². The van der Waals surface area contributed by atoms with E-state index in [1.54, 1.807) is 30.3 Å². The van der Waals surface area contributed by atoms with Gasteiger partial charge in [-0.05, 0) is 5.56 Å². The summed E-state index contributed by atoms with van der Waals surface area (Å²) in [5.41, 5.74) is 0.566. The number of alkyl carbamates (subject to hydrolysis) is 1. The summed E-state index contributed by atoms with van der Waals surface area (Å²) >= 11 is 0. The number of hydrogen-bond donors (Lipinski definition) is 1. The van der Waals surface area contributed by atoms with E-state index in [1.807, 2.05) is 0 Å².